The topological polar surface area (TPSA) is 26.3 Å². The van der Waals surface area contributed by atoms with E-state index in [-0.39, 0.29) is 7.53 Å². The Morgan fingerprint density at radius 2 is 2.14 bits per heavy atom. The zero-order valence-corrected chi connectivity index (χ0v) is 7.69. The van der Waals surface area contributed by atoms with E-state index in [1.165, 1.54) is 0 Å². The van der Waals surface area contributed by atoms with Crippen molar-refractivity contribution in [2.45, 2.75) is 18.9 Å². The largest absolute Gasteiger partial charge is 0.448 e. The summed E-state index contributed by atoms with van der Waals surface area (Å²) in [7, 11) is 0. The Hall–Kier alpha value is -1.75. The van der Waals surface area contributed by atoms with Crippen molar-refractivity contribution < 1.29 is 11.0 Å². The van der Waals surface area contributed by atoms with Crippen molar-refractivity contribution in [3.63, 3.8) is 0 Å². The van der Waals surface area contributed by atoms with Gasteiger partial charge in [0.25, 0.3) is 0 Å². The molecule has 0 saturated heterocycles. The Labute approximate surface area is 84.4 Å². The molecule has 1 heterocycles. The van der Waals surface area contributed by atoms with E-state index in [1.807, 2.05) is 30.3 Å². The number of esters is 1. The molecule has 2 nitrogen and oxygen atoms in total. The molecule has 0 radical (unpaired) electrons. The molecule has 1 atom stereocenters. The second-order valence-electron chi connectivity index (χ2n) is 3.15. The van der Waals surface area contributed by atoms with Crippen molar-refractivity contribution in [2.24, 2.45) is 0 Å². The van der Waals surface area contributed by atoms with Crippen LogP contribution in [0, 0.1) is 11.8 Å². The molecule has 2 rings (SSSR count). The van der Waals surface area contributed by atoms with Crippen molar-refractivity contribution in [1.82, 2.24) is 0 Å². The van der Waals surface area contributed by atoms with Crippen molar-refractivity contribution in [2.75, 3.05) is 0 Å². The Kier molecular flexibility index (Phi) is 2.51. The normalized spacial score (nSPS) is 20.3. The SMILES string of the molecule is O=C1C#CCCC(c2ccccc2)O1.[HH]. The summed E-state index contributed by atoms with van der Waals surface area (Å²) in [6.07, 6.45) is 1.35. The first-order valence-electron chi connectivity index (χ1n) is 4.61. The summed E-state index contributed by atoms with van der Waals surface area (Å²) < 4.78 is 5.18. The fraction of sp³-hybridized carbons (Fsp3) is 0.250. The van der Waals surface area contributed by atoms with Crippen LogP contribution >= 0.6 is 0 Å². The van der Waals surface area contributed by atoms with Crippen LogP contribution in [0.15, 0.2) is 30.3 Å². The van der Waals surface area contributed by atoms with E-state index in [2.05, 4.69) is 11.8 Å². The first kappa shape index (κ1) is 8.83. The van der Waals surface area contributed by atoms with E-state index in [0.717, 1.165) is 12.0 Å². The van der Waals surface area contributed by atoms with Gasteiger partial charge in [0.2, 0.25) is 0 Å². The van der Waals surface area contributed by atoms with Crippen LogP contribution in [0.1, 0.15) is 25.9 Å². The zero-order chi connectivity index (χ0) is 9.80. The van der Waals surface area contributed by atoms with E-state index < -0.39 is 5.97 Å². The van der Waals surface area contributed by atoms with Gasteiger partial charge < -0.3 is 4.74 Å². The molecule has 1 aliphatic heterocycles. The van der Waals surface area contributed by atoms with Crippen molar-refractivity contribution in [1.29, 1.82) is 0 Å². The lowest BCUT2D eigenvalue weighted by atomic mass is 10.1. The molecule has 0 aromatic heterocycles. The van der Waals surface area contributed by atoms with Gasteiger partial charge in [-0.15, -0.1) is 0 Å². The van der Waals surface area contributed by atoms with Crippen LogP contribution in [0.2, 0.25) is 0 Å². The average molecular weight is 188 g/mol. The van der Waals surface area contributed by atoms with Gasteiger partial charge in [-0.25, -0.2) is 4.79 Å². The summed E-state index contributed by atoms with van der Waals surface area (Å²) in [5.41, 5.74) is 1.03. The van der Waals surface area contributed by atoms with Crippen molar-refractivity contribution >= 4 is 5.97 Å². The Morgan fingerprint density at radius 1 is 1.36 bits per heavy atom. The Balaban J connectivity index is 0.00000112. The smallest absolute Gasteiger partial charge is 0.384 e. The van der Waals surface area contributed by atoms with Crippen LogP contribution in [0.25, 0.3) is 0 Å². The molecule has 72 valence electrons. The number of ether oxygens (including phenoxy) is 1. The standard InChI is InChI=1S/C12H10O2.H2/c13-12-9-5-4-8-11(14-12)10-6-2-1-3-7-10;/h1-3,6-7,11H,4,8H2;1H. The third kappa shape index (κ3) is 1.94. The molecule has 1 unspecified atom stereocenters. The molecule has 0 aliphatic carbocycles. The number of benzene rings is 1. The fourth-order valence-electron chi connectivity index (χ4n) is 1.46. The number of hydrogen-bond acceptors (Lipinski definition) is 2. The van der Waals surface area contributed by atoms with Gasteiger partial charge in [-0.1, -0.05) is 36.3 Å². The van der Waals surface area contributed by atoms with Gasteiger partial charge in [0, 0.05) is 13.8 Å². The maximum atomic E-state index is 11.1. The van der Waals surface area contributed by atoms with Crippen LogP contribution < -0.4 is 0 Å². The van der Waals surface area contributed by atoms with Gasteiger partial charge in [-0.05, 0) is 12.0 Å². The van der Waals surface area contributed by atoms with Crippen LogP contribution in [0.4, 0.5) is 0 Å². The Bertz CT molecular complexity index is 389. The van der Waals surface area contributed by atoms with Crippen LogP contribution in [0.5, 0.6) is 0 Å². The molecular weight excluding hydrogens is 176 g/mol. The molecule has 1 aromatic rings. The highest BCUT2D eigenvalue weighted by Gasteiger charge is 2.16. The number of hydrogen-bond donors (Lipinski definition) is 0. The van der Waals surface area contributed by atoms with Crippen molar-refractivity contribution in [3.05, 3.63) is 35.9 Å². The van der Waals surface area contributed by atoms with E-state index in [4.69, 9.17) is 4.74 Å². The summed E-state index contributed by atoms with van der Waals surface area (Å²) in [5, 5.41) is 0. The lowest BCUT2D eigenvalue weighted by molar-refractivity contribution is -0.142. The highest BCUT2D eigenvalue weighted by atomic mass is 16.5. The number of cyclic esters (lactones) is 1. The van der Waals surface area contributed by atoms with Crippen molar-refractivity contribution in [3.8, 4) is 11.8 Å². The summed E-state index contributed by atoms with van der Waals surface area (Å²) in [4.78, 5) is 11.1. The summed E-state index contributed by atoms with van der Waals surface area (Å²) >= 11 is 0. The highest BCUT2D eigenvalue weighted by molar-refractivity contribution is 5.88. The van der Waals surface area contributed by atoms with Gasteiger partial charge in [-0.3, -0.25) is 0 Å². The molecule has 1 aromatic carbocycles. The number of carbonyl (C=O) groups excluding carboxylic acids is 1. The van der Waals surface area contributed by atoms with E-state index in [9.17, 15) is 4.79 Å². The molecule has 1 aliphatic rings. The van der Waals surface area contributed by atoms with E-state index in [1.54, 1.807) is 0 Å². The first-order valence-corrected chi connectivity index (χ1v) is 4.61. The minimum Gasteiger partial charge on any atom is -0.448 e. The molecule has 2 heteroatoms. The Morgan fingerprint density at radius 3 is 2.93 bits per heavy atom. The molecule has 0 spiro atoms. The molecule has 0 fully saturated rings. The van der Waals surface area contributed by atoms with Gasteiger partial charge in [0.1, 0.15) is 6.10 Å². The molecule has 0 N–H and O–H groups in total. The van der Waals surface area contributed by atoms with Gasteiger partial charge >= 0.3 is 5.97 Å². The third-order valence-corrected chi connectivity index (χ3v) is 2.14. The monoisotopic (exact) mass is 188 g/mol. The van der Waals surface area contributed by atoms with Gasteiger partial charge in [0.05, 0.1) is 0 Å². The molecular formula is C12H12O2. The fourth-order valence-corrected chi connectivity index (χ4v) is 1.46. The first-order chi connectivity index (χ1) is 6.86. The summed E-state index contributed by atoms with van der Waals surface area (Å²) in [6, 6.07) is 9.74. The van der Waals surface area contributed by atoms with Gasteiger partial charge in [0.15, 0.2) is 0 Å². The molecule has 14 heavy (non-hydrogen) atoms. The minimum atomic E-state index is -0.420. The van der Waals surface area contributed by atoms with Gasteiger partial charge in [-0.2, -0.15) is 0 Å². The van der Waals surface area contributed by atoms with Crippen LogP contribution in [-0.4, -0.2) is 5.97 Å². The quantitative estimate of drug-likeness (QED) is 0.384. The molecule has 0 saturated carbocycles. The summed E-state index contributed by atoms with van der Waals surface area (Å²) in [6.45, 7) is 0. The molecule has 0 bridgehead atoms. The summed E-state index contributed by atoms with van der Waals surface area (Å²) in [5.74, 6) is 4.79. The van der Waals surface area contributed by atoms with Crippen LogP contribution in [-0.2, 0) is 9.53 Å². The maximum Gasteiger partial charge on any atom is 0.384 e. The third-order valence-electron chi connectivity index (χ3n) is 2.14. The predicted octanol–water partition coefficient (Wildman–Crippen LogP) is 2.31. The van der Waals surface area contributed by atoms with Crippen LogP contribution in [0.3, 0.4) is 0 Å². The number of rotatable bonds is 1. The minimum absolute atomic E-state index is 0. The lowest BCUT2D eigenvalue weighted by Crippen LogP contribution is -2.07. The zero-order valence-electron chi connectivity index (χ0n) is 7.69. The van der Waals surface area contributed by atoms with E-state index >= 15 is 0 Å². The highest BCUT2D eigenvalue weighted by Crippen LogP contribution is 2.23. The number of carbonyl (C=O) groups is 1. The molecule has 0 amide bonds. The lowest BCUT2D eigenvalue weighted by Gasteiger charge is -2.14. The average Bonchev–Trinajstić information content (AvgIpc) is 2.44. The maximum absolute atomic E-state index is 11.1. The van der Waals surface area contributed by atoms with E-state index in [0.29, 0.717) is 6.42 Å². The second-order valence-corrected chi connectivity index (χ2v) is 3.15. The second kappa shape index (κ2) is 3.97. The predicted molar refractivity (Wildman–Crippen MR) is 54.4 cm³/mol.